The number of aromatic amines is 1. The monoisotopic (exact) mass is 524 g/mol. The van der Waals surface area contributed by atoms with Crippen molar-refractivity contribution >= 4 is 49.8 Å². The molecule has 0 saturated heterocycles. The highest BCUT2D eigenvalue weighted by atomic mass is 32.1. The molecule has 36 heavy (non-hydrogen) atoms. The van der Waals surface area contributed by atoms with Gasteiger partial charge in [0, 0.05) is 10.9 Å². The van der Waals surface area contributed by atoms with Crippen molar-refractivity contribution in [3.05, 3.63) is 67.4 Å². The molecule has 4 rings (SSSR count). The van der Waals surface area contributed by atoms with Crippen molar-refractivity contribution in [2.45, 2.75) is 33.7 Å². The van der Waals surface area contributed by atoms with E-state index in [4.69, 9.17) is 4.74 Å². The predicted molar refractivity (Wildman–Crippen MR) is 145 cm³/mol. The molecule has 0 bridgehead atoms. The molecule has 8 nitrogen and oxygen atoms in total. The lowest BCUT2D eigenvalue weighted by Gasteiger charge is -2.09. The summed E-state index contributed by atoms with van der Waals surface area (Å²) in [5.41, 5.74) is 3.37. The minimum Gasteiger partial charge on any atom is -0.462 e. The van der Waals surface area contributed by atoms with Crippen LogP contribution in [0.4, 0.5) is 5.00 Å². The van der Waals surface area contributed by atoms with Gasteiger partial charge in [0.2, 0.25) is 0 Å². The molecule has 0 aliphatic carbocycles. The maximum Gasteiger partial charge on any atom is 0.341 e. The van der Waals surface area contributed by atoms with E-state index in [2.05, 4.69) is 22.2 Å². The standard InChI is InChI=1S/C26H28N4O4S2/c1-6-15-8-10-16(11-9-15)17-13-35-24(20(17)26(33)34-7-2)29-23(32)21-14(3)19-22(31)27-18(12-30(4)5)28-25(19)36-21/h8-11,13H,6-7,12H2,1-5H3,(H,29,32)(H,27,28,31). The number of H-pyrrole nitrogens is 1. The van der Waals surface area contributed by atoms with E-state index in [1.807, 2.05) is 48.6 Å². The lowest BCUT2D eigenvalue weighted by molar-refractivity contribution is 0.0529. The number of benzene rings is 1. The van der Waals surface area contributed by atoms with Crippen molar-refractivity contribution < 1.29 is 14.3 Å². The minimum atomic E-state index is -0.497. The van der Waals surface area contributed by atoms with Crippen LogP contribution >= 0.6 is 22.7 Å². The zero-order valence-electron chi connectivity index (χ0n) is 20.9. The summed E-state index contributed by atoms with van der Waals surface area (Å²) in [4.78, 5) is 49.1. The molecule has 10 heteroatoms. The molecule has 188 valence electrons. The van der Waals surface area contributed by atoms with Crippen LogP contribution in [0.5, 0.6) is 0 Å². The van der Waals surface area contributed by atoms with E-state index < -0.39 is 11.9 Å². The zero-order chi connectivity index (χ0) is 26.0. The number of carbonyl (C=O) groups excluding carboxylic acids is 2. The third kappa shape index (κ3) is 5.11. The Hall–Kier alpha value is -3.34. The van der Waals surface area contributed by atoms with Gasteiger partial charge in [0.1, 0.15) is 21.2 Å². The smallest absolute Gasteiger partial charge is 0.341 e. The van der Waals surface area contributed by atoms with Crippen LogP contribution in [0.3, 0.4) is 0 Å². The first-order valence-electron chi connectivity index (χ1n) is 11.6. The van der Waals surface area contributed by atoms with Gasteiger partial charge >= 0.3 is 5.97 Å². The van der Waals surface area contributed by atoms with Crippen molar-refractivity contribution in [1.82, 2.24) is 14.9 Å². The molecule has 3 aromatic heterocycles. The Balaban J connectivity index is 1.71. The van der Waals surface area contributed by atoms with Crippen LogP contribution in [0.1, 0.15) is 50.8 Å². The zero-order valence-corrected chi connectivity index (χ0v) is 22.5. The molecule has 0 atom stereocenters. The van der Waals surface area contributed by atoms with E-state index in [1.165, 1.54) is 28.2 Å². The highest BCUT2D eigenvalue weighted by molar-refractivity contribution is 7.21. The summed E-state index contributed by atoms with van der Waals surface area (Å²) in [6.07, 6.45) is 0.915. The van der Waals surface area contributed by atoms with Crippen LogP contribution < -0.4 is 10.9 Å². The van der Waals surface area contributed by atoms with Gasteiger partial charge in [-0.3, -0.25) is 9.59 Å². The van der Waals surface area contributed by atoms with Gasteiger partial charge in [0.15, 0.2) is 0 Å². The van der Waals surface area contributed by atoms with Gasteiger partial charge in [-0.1, -0.05) is 31.2 Å². The second kappa shape index (κ2) is 10.7. The number of thiophene rings is 2. The van der Waals surface area contributed by atoms with Crippen LogP contribution in [-0.2, 0) is 17.7 Å². The van der Waals surface area contributed by atoms with Gasteiger partial charge in [-0.15, -0.1) is 22.7 Å². The molecule has 4 aromatic rings. The third-order valence-electron chi connectivity index (χ3n) is 5.69. The number of rotatable bonds is 8. The number of ether oxygens (including phenoxy) is 1. The molecular weight excluding hydrogens is 496 g/mol. The van der Waals surface area contributed by atoms with Crippen molar-refractivity contribution in [2.75, 3.05) is 26.0 Å². The number of aryl methyl sites for hydroxylation is 2. The summed E-state index contributed by atoms with van der Waals surface area (Å²) >= 11 is 2.43. The van der Waals surface area contributed by atoms with Crippen LogP contribution in [0.15, 0.2) is 34.4 Å². The first-order valence-corrected chi connectivity index (χ1v) is 13.3. The molecule has 0 saturated carbocycles. The van der Waals surface area contributed by atoms with Crippen molar-refractivity contribution in [3.63, 3.8) is 0 Å². The van der Waals surface area contributed by atoms with Crippen molar-refractivity contribution in [2.24, 2.45) is 0 Å². The average molecular weight is 525 g/mol. The number of hydrogen-bond acceptors (Lipinski definition) is 8. The molecule has 3 heterocycles. The van der Waals surface area contributed by atoms with E-state index in [1.54, 1.807) is 13.8 Å². The quantitative estimate of drug-likeness (QED) is 0.312. The average Bonchev–Trinajstić information content (AvgIpc) is 3.40. The Labute approximate surface area is 217 Å². The Morgan fingerprint density at radius 1 is 1.17 bits per heavy atom. The highest BCUT2D eigenvalue weighted by Crippen LogP contribution is 2.37. The number of anilines is 1. The fourth-order valence-corrected chi connectivity index (χ4v) is 5.98. The van der Waals surface area contributed by atoms with Gasteiger partial charge < -0.3 is 19.9 Å². The lowest BCUT2D eigenvalue weighted by atomic mass is 10.0. The summed E-state index contributed by atoms with van der Waals surface area (Å²) in [5.74, 6) is -0.361. The Morgan fingerprint density at radius 2 is 1.89 bits per heavy atom. The van der Waals surface area contributed by atoms with Gasteiger partial charge in [-0.25, -0.2) is 9.78 Å². The topological polar surface area (TPSA) is 104 Å². The molecule has 0 fully saturated rings. The fourth-order valence-electron chi connectivity index (χ4n) is 3.93. The normalized spacial score (nSPS) is 11.3. The van der Waals surface area contributed by atoms with Gasteiger partial charge in [0.25, 0.3) is 11.5 Å². The van der Waals surface area contributed by atoms with Gasteiger partial charge in [-0.05, 0) is 51.1 Å². The summed E-state index contributed by atoms with van der Waals surface area (Å²) in [5, 5.41) is 5.54. The number of carbonyl (C=O) groups is 2. The van der Waals surface area contributed by atoms with Gasteiger partial charge in [0.05, 0.1) is 23.4 Å². The third-order valence-corrected chi connectivity index (χ3v) is 7.77. The number of nitrogens with one attached hydrogen (secondary N) is 2. The maximum absolute atomic E-state index is 13.3. The molecular formula is C26H28N4O4S2. The van der Waals surface area contributed by atoms with Crippen LogP contribution in [0.25, 0.3) is 21.3 Å². The SMILES string of the molecule is CCOC(=O)c1c(-c2ccc(CC)cc2)csc1NC(=O)c1sc2nc(CN(C)C)[nH]c(=O)c2c1C. The molecule has 0 unspecified atom stereocenters. The minimum absolute atomic E-state index is 0.218. The van der Waals surface area contributed by atoms with E-state index in [9.17, 15) is 14.4 Å². The molecule has 1 amide bonds. The van der Waals surface area contributed by atoms with Crippen LogP contribution in [0, 0.1) is 6.92 Å². The molecule has 0 aliphatic heterocycles. The van der Waals surface area contributed by atoms with Crippen LogP contribution in [-0.4, -0.2) is 47.4 Å². The molecule has 0 spiro atoms. The second-order valence-corrected chi connectivity index (χ2v) is 10.4. The van der Waals surface area contributed by atoms with E-state index in [-0.39, 0.29) is 12.2 Å². The Morgan fingerprint density at radius 3 is 2.53 bits per heavy atom. The molecule has 2 N–H and O–H groups in total. The number of aromatic nitrogens is 2. The number of esters is 1. The molecule has 1 aromatic carbocycles. The summed E-state index contributed by atoms with van der Waals surface area (Å²) < 4.78 is 5.31. The van der Waals surface area contributed by atoms with E-state index in [0.717, 1.165) is 12.0 Å². The van der Waals surface area contributed by atoms with E-state index >= 15 is 0 Å². The van der Waals surface area contributed by atoms with Gasteiger partial charge in [-0.2, -0.15) is 0 Å². The largest absolute Gasteiger partial charge is 0.462 e. The van der Waals surface area contributed by atoms with Crippen molar-refractivity contribution in [3.8, 4) is 11.1 Å². The highest BCUT2D eigenvalue weighted by Gasteiger charge is 2.25. The summed E-state index contributed by atoms with van der Waals surface area (Å²) in [6.45, 7) is 6.25. The predicted octanol–water partition coefficient (Wildman–Crippen LogP) is 5.07. The van der Waals surface area contributed by atoms with E-state index in [0.29, 0.717) is 49.2 Å². The maximum atomic E-state index is 13.3. The lowest BCUT2D eigenvalue weighted by Crippen LogP contribution is -2.18. The second-order valence-electron chi connectivity index (χ2n) is 8.57. The van der Waals surface area contributed by atoms with Crippen LogP contribution in [0.2, 0.25) is 0 Å². The first kappa shape index (κ1) is 25.7. The fraction of sp³-hybridized carbons (Fsp3) is 0.308. The summed E-state index contributed by atoms with van der Waals surface area (Å²) in [6, 6.07) is 7.98. The Bertz CT molecular complexity index is 1480. The van der Waals surface area contributed by atoms with Crippen molar-refractivity contribution in [1.29, 1.82) is 0 Å². The number of nitrogens with zero attached hydrogens (tertiary/aromatic N) is 2. The molecule has 0 aliphatic rings. The Kier molecular flexibility index (Phi) is 7.67. The number of fused-ring (bicyclic) bond motifs is 1. The first-order chi connectivity index (χ1) is 17.2. The summed E-state index contributed by atoms with van der Waals surface area (Å²) in [7, 11) is 3.77. The number of hydrogen-bond donors (Lipinski definition) is 2. The molecule has 0 radical (unpaired) electrons. The number of amides is 1.